The first-order valence-corrected chi connectivity index (χ1v) is 7.02. The molecule has 0 saturated carbocycles. The molecule has 10 heteroatoms. The van der Waals surface area contributed by atoms with Gasteiger partial charge in [-0.25, -0.2) is 9.59 Å². The molecule has 1 aromatic rings. The summed E-state index contributed by atoms with van der Waals surface area (Å²) in [5.41, 5.74) is -0.804. The predicted molar refractivity (Wildman–Crippen MR) is 76.7 cm³/mol. The summed E-state index contributed by atoms with van der Waals surface area (Å²) in [7, 11) is 0. The molecule has 1 aliphatic heterocycles. The summed E-state index contributed by atoms with van der Waals surface area (Å²) in [6, 6.07) is 1.32. The van der Waals surface area contributed by atoms with Crippen molar-refractivity contribution in [1.82, 2.24) is 9.55 Å². The second kappa shape index (κ2) is 7.04. The minimum Gasteiger partial charge on any atom is -0.447 e. The van der Waals surface area contributed by atoms with Gasteiger partial charge in [0.05, 0.1) is 12.7 Å². The monoisotopic (exact) mass is 329 g/mol. The predicted octanol–water partition coefficient (Wildman–Crippen LogP) is -1.19. The number of nitrogens with one attached hydrogen (secondary N) is 1. The first-order chi connectivity index (χ1) is 10.8. The van der Waals surface area contributed by atoms with Crippen molar-refractivity contribution < 1.29 is 29.6 Å². The van der Waals surface area contributed by atoms with Crippen LogP contribution in [0.5, 0.6) is 0 Å². The number of ether oxygens (including phenoxy) is 2. The van der Waals surface area contributed by atoms with E-state index in [2.05, 4.69) is 10.3 Å². The molecule has 0 aromatic carbocycles. The molecular formula is C13H19N3O7. The van der Waals surface area contributed by atoms with E-state index in [9.17, 15) is 19.8 Å². The number of aliphatic hydroxyl groups is 3. The van der Waals surface area contributed by atoms with E-state index in [1.54, 1.807) is 13.8 Å². The van der Waals surface area contributed by atoms with Gasteiger partial charge in [-0.1, -0.05) is 0 Å². The van der Waals surface area contributed by atoms with Crippen LogP contribution < -0.4 is 11.0 Å². The Kier molecular flexibility index (Phi) is 5.31. The van der Waals surface area contributed by atoms with E-state index in [0.717, 1.165) is 4.57 Å². The number of carbonyl (C=O) groups excluding carboxylic acids is 1. The van der Waals surface area contributed by atoms with Gasteiger partial charge in [0, 0.05) is 6.20 Å². The van der Waals surface area contributed by atoms with Crippen LogP contribution in [0.1, 0.15) is 20.1 Å². The van der Waals surface area contributed by atoms with Gasteiger partial charge in [0.2, 0.25) is 0 Å². The molecule has 0 bridgehead atoms. The van der Waals surface area contributed by atoms with Gasteiger partial charge >= 0.3 is 11.8 Å². The fourth-order valence-electron chi connectivity index (χ4n) is 2.13. The van der Waals surface area contributed by atoms with Crippen LogP contribution in [0.25, 0.3) is 0 Å². The highest BCUT2D eigenvalue weighted by molar-refractivity contribution is 5.83. The van der Waals surface area contributed by atoms with Crippen LogP contribution in [0.3, 0.4) is 0 Å². The minimum absolute atomic E-state index is 0.0244. The van der Waals surface area contributed by atoms with Crippen LogP contribution in [-0.4, -0.2) is 62.0 Å². The second-order valence-corrected chi connectivity index (χ2v) is 5.31. The smallest absolute Gasteiger partial charge is 0.413 e. The minimum atomic E-state index is -1.39. The normalized spacial score (nSPS) is 27.2. The summed E-state index contributed by atoms with van der Waals surface area (Å²) >= 11 is 0. The zero-order valence-corrected chi connectivity index (χ0v) is 12.6. The number of amides is 1. The number of aliphatic hydroxyl groups excluding tert-OH is 3. The van der Waals surface area contributed by atoms with Crippen molar-refractivity contribution in [3.05, 3.63) is 22.7 Å². The standard InChI is InChI=1S/C13H19N3O7/c1-6(2)22-13(21)15-8-3-4-16(12(20)14-8)11-10(19)9(18)7(5-17)23-11/h3-4,6-7,9-11,17-19H,5H2,1-2H3,(H,14,15,20,21)/t7-,9-,10+,11-/m1/s1. The van der Waals surface area contributed by atoms with E-state index in [4.69, 9.17) is 14.6 Å². The summed E-state index contributed by atoms with van der Waals surface area (Å²) in [6.45, 7) is 2.84. The van der Waals surface area contributed by atoms with Crippen LogP contribution in [0.2, 0.25) is 0 Å². The lowest BCUT2D eigenvalue weighted by Gasteiger charge is -2.17. The maximum atomic E-state index is 12.0. The van der Waals surface area contributed by atoms with Crippen molar-refractivity contribution in [2.75, 3.05) is 11.9 Å². The van der Waals surface area contributed by atoms with Crippen molar-refractivity contribution in [3.8, 4) is 0 Å². The lowest BCUT2D eigenvalue weighted by Crippen LogP contribution is -2.36. The average Bonchev–Trinajstić information content (AvgIpc) is 2.74. The largest absolute Gasteiger partial charge is 0.447 e. The first kappa shape index (κ1) is 17.3. The number of anilines is 1. The number of hydrogen-bond donors (Lipinski definition) is 4. The molecule has 0 spiro atoms. The zero-order chi connectivity index (χ0) is 17.1. The number of hydrogen-bond acceptors (Lipinski definition) is 8. The Balaban J connectivity index is 2.14. The molecule has 4 N–H and O–H groups in total. The molecule has 0 radical (unpaired) electrons. The van der Waals surface area contributed by atoms with Crippen molar-refractivity contribution in [1.29, 1.82) is 0 Å². The van der Waals surface area contributed by atoms with Crippen LogP contribution in [0.15, 0.2) is 17.1 Å². The highest BCUT2D eigenvalue weighted by Crippen LogP contribution is 2.28. The lowest BCUT2D eigenvalue weighted by atomic mass is 10.1. The third kappa shape index (κ3) is 3.85. The molecule has 1 fully saturated rings. The van der Waals surface area contributed by atoms with Gasteiger partial charge in [-0.15, -0.1) is 0 Å². The topological polar surface area (TPSA) is 143 Å². The van der Waals surface area contributed by atoms with Gasteiger partial charge in [-0.2, -0.15) is 4.98 Å². The Morgan fingerprint density at radius 1 is 1.48 bits per heavy atom. The summed E-state index contributed by atoms with van der Waals surface area (Å²) in [4.78, 5) is 27.1. The molecule has 1 aliphatic rings. The van der Waals surface area contributed by atoms with Gasteiger partial charge in [-0.05, 0) is 19.9 Å². The van der Waals surface area contributed by atoms with Gasteiger partial charge in [-0.3, -0.25) is 9.88 Å². The molecule has 0 unspecified atom stereocenters. The number of aromatic nitrogens is 2. The molecule has 0 aliphatic carbocycles. The van der Waals surface area contributed by atoms with Crippen molar-refractivity contribution in [2.45, 2.75) is 44.5 Å². The Hall–Kier alpha value is -2.01. The van der Waals surface area contributed by atoms with Crippen LogP contribution in [-0.2, 0) is 9.47 Å². The lowest BCUT2D eigenvalue weighted by molar-refractivity contribution is -0.0549. The van der Waals surface area contributed by atoms with E-state index in [0.29, 0.717) is 0 Å². The summed E-state index contributed by atoms with van der Waals surface area (Å²) < 4.78 is 11.1. The highest BCUT2D eigenvalue weighted by atomic mass is 16.6. The maximum absolute atomic E-state index is 12.0. The molecule has 10 nitrogen and oxygen atoms in total. The molecule has 1 aromatic heterocycles. The van der Waals surface area contributed by atoms with Gasteiger partial charge in [0.15, 0.2) is 6.23 Å². The number of rotatable bonds is 4. The molecule has 23 heavy (non-hydrogen) atoms. The van der Waals surface area contributed by atoms with Crippen molar-refractivity contribution in [3.63, 3.8) is 0 Å². The molecule has 2 rings (SSSR count). The third-order valence-electron chi connectivity index (χ3n) is 3.19. The number of nitrogens with zero attached hydrogens (tertiary/aromatic N) is 2. The molecule has 128 valence electrons. The Labute approximate surface area is 131 Å². The van der Waals surface area contributed by atoms with E-state index in [-0.39, 0.29) is 11.9 Å². The third-order valence-corrected chi connectivity index (χ3v) is 3.19. The SMILES string of the molecule is CC(C)OC(=O)Nc1ccn([C@@H]2O[C@H](CO)[C@@H](O)[C@@H]2O)c(=O)n1. The average molecular weight is 329 g/mol. The van der Waals surface area contributed by atoms with E-state index in [1.807, 2.05) is 0 Å². The van der Waals surface area contributed by atoms with E-state index >= 15 is 0 Å². The van der Waals surface area contributed by atoms with E-state index in [1.165, 1.54) is 12.3 Å². The van der Waals surface area contributed by atoms with Crippen LogP contribution in [0.4, 0.5) is 10.6 Å². The Morgan fingerprint density at radius 3 is 2.70 bits per heavy atom. The molecule has 1 amide bonds. The first-order valence-electron chi connectivity index (χ1n) is 7.02. The molecule has 4 atom stereocenters. The van der Waals surface area contributed by atoms with E-state index < -0.39 is 42.9 Å². The van der Waals surface area contributed by atoms with Crippen molar-refractivity contribution in [2.24, 2.45) is 0 Å². The van der Waals surface area contributed by atoms with Crippen molar-refractivity contribution >= 4 is 11.9 Å². The Bertz CT molecular complexity index is 618. The van der Waals surface area contributed by atoms with Gasteiger partial charge in [0.1, 0.15) is 24.1 Å². The maximum Gasteiger partial charge on any atom is 0.413 e. The summed E-state index contributed by atoms with van der Waals surface area (Å²) in [5, 5.41) is 30.9. The quantitative estimate of drug-likeness (QED) is 0.540. The zero-order valence-electron chi connectivity index (χ0n) is 12.6. The number of carbonyl (C=O) groups is 1. The fourth-order valence-corrected chi connectivity index (χ4v) is 2.13. The van der Waals surface area contributed by atoms with Crippen LogP contribution >= 0.6 is 0 Å². The fraction of sp³-hybridized carbons (Fsp3) is 0.615. The molecule has 2 heterocycles. The van der Waals surface area contributed by atoms with Crippen LogP contribution in [0, 0.1) is 0 Å². The summed E-state index contributed by atoms with van der Waals surface area (Å²) in [6.07, 6.45) is -4.72. The molecular weight excluding hydrogens is 310 g/mol. The second-order valence-electron chi connectivity index (χ2n) is 5.31. The highest BCUT2D eigenvalue weighted by Gasteiger charge is 2.43. The Morgan fingerprint density at radius 2 is 2.17 bits per heavy atom. The molecule has 1 saturated heterocycles. The summed E-state index contributed by atoms with van der Waals surface area (Å²) in [5.74, 6) is -0.0244. The van der Waals surface area contributed by atoms with Gasteiger partial charge < -0.3 is 24.8 Å². The van der Waals surface area contributed by atoms with Gasteiger partial charge in [0.25, 0.3) is 0 Å².